The van der Waals surface area contributed by atoms with Crippen LogP contribution in [-0.4, -0.2) is 6.54 Å². The van der Waals surface area contributed by atoms with Crippen LogP contribution in [-0.2, 0) is 0 Å². The highest BCUT2D eigenvalue weighted by atomic mass is 32.2. The van der Waals surface area contributed by atoms with Gasteiger partial charge in [-0.1, -0.05) is 48.5 Å². The molecule has 2 rings (SSSR count). The maximum atomic E-state index is 5.83. The number of hydrogen-bond donors (Lipinski definition) is 1. The Morgan fingerprint density at radius 3 is 2.00 bits per heavy atom. The summed E-state index contributed by atoms with van der Waals surface area (Å²) in [7, 11) is 0. The van der Waals surface area contributed by atoms with Crippen LogP contribution in [0.3, 0.4) is 0 Å². The van der Waals surface area contributed by atoms with Crippen molar-refractivity contribution in [1.29, 1.82) is 0 Å². The summed E-state index contributed by atoms with van der Waals surface area (Å²) in [6, 6.07) is 20.8. The normalized spacial score (nSPS) is 12.3. The van der Waals surface area contributed by atoms with E-state index in [4.69, 9.17) is 5.73 Å². The summed E-state index contributed by atoms with van der Waals surface area (Å²) < 4.78 is 0. The zero-order valence-corrected chi connectivity index (χ0v) is 9.86. The molecule has 0 spiro atoms. The highest BCUT2D eigenvalue weighted by Gasteiger charge is 2.10. The van der Waals surface area contributed by atoms with Crippen LogP contribution in [0.4, 0.5) is 0 Å². The van der Waals surface area contributed by atoms with Crippen molar-refractivity contribution in [2.75, 3.05) is 6.54 Å². The molecule has 0 saturated carbocycles. The third kappa shape index (κ3) is 2.87. The van der Waals surface area contributed by atoms with Gasteiger partial charge in [-0.2, -0.15) is 0 Å². The molecule has 0 aliphatic carbocycles. The minimum absolute atomic E-state index is 0.337. The molecule has 2 aromatic rings. The molecular weight excluding hydrogens is 214 g/mol. The van der Waals surface area contributed by atoms with Crippen molar-refractivity contribution < 1.29 is 0 Å². The van der Waals surface area contributed by atoms with E-state index in [-0.39, 0.29) is 0 Å². The van der Waals surface area contributed by atoms with Crippen molar-refractivity contribution in [3.63, 3.8) is 0 Å². The van der Waals surface area contributed by atoms with Gasteiger partial charge in [-0.25, -0.2) is 0 Å². The van der Waals surface area contributed by atoms with Crippen molar-refractivity contribution >= 4 is 11.8 Å². The van der Waals surface area contributed by atoms with Gasteiger partial charge in [-0.15, -0.1) is 11.8 Å². The van der Waals surface area contributed by atoms with E-state index < -0.39 is 0 Å². The molecule has 0 radical (unpaired) electrons. The molecule has 0 aromatic heterocycles. The van der Waals surface area contributed by atoms with E-state index in [0.717, 1.165) is 0 Å². The average Bonchev–Trinajstić information content (AvgIpc) is 2.38. The van der Waals surface area contributed by atoms with E-state index >= 15 is 0 Å². The topological polar surface area (TPSA) is 26.0 Å². The molecule has 16 heavy (non-hydrogen) atoms. The van der Waals surface area contributed by atoms with Crippen LogP contribution in [0.1, 0.15) is 10.8 Å². The fourth-order valence-electron chi connectivity index (χ4n) is 1.58. The SMILES string of the molecule is NCC(Sc1ccccc1)c1ccccc1. The van der Waals surface area contributed by atoms with E-state index in [0.29, 0.717) is 11.8 Å². The van der Waals surface area contributed by atoms with Gasteiger partial charge in [0.15, 0.2) is 0 Å². The summed E-state index contributed by atoms with van der Waals surface area (Å²) in [5, 5.41) is 0.337. The van der Waals surface area contributed by atoms with Crippen LogP contribution in [0.25, 0.3) is 0 Å². The summed E-state index contributed by atoms with van der Waals surface area (Å²) in [5.74, 6) is 0. The third-order valence-corrected chi connectivity index (χ3v) is 3.70. The van der Waals surface area contributed by atoms with Crippen molar-refractivity contribution in [3.05, 3.63) is 66.2 Å². The molecule has 0 amide bonds. The van der Waals surface area contributed by atoms with Gasteiger partial charge in [0, 0.05) is 16.7 Å². The summed E-state index contributed by atoms with van der Waals surface area (Å²) in [6.45, 7) is 0.656. The Hall–Kier alpha value is -1.25. The fraction of sp³-hybridized carbons (Fsp3) is 0.143. The molecule has 1 nitrogen and oxygen atoms in total. The van der Waals surface area contributed by atoms with Crippen LogP contribution >= 0.6 is 11.8 Å². The van der Waals surface area contributed by atoms with Gasteiger partial charge in [-0.3, -0.25) is 0 Å². The standard InChI is InChI=1S/C14H15NS/c15-11-14(12-7-3-1-4-8-12)16-13-9-5-2-6-10-13/h1-10,14H,11,15H2. The predicted octanol–water partition coefficient (Wildman–Crippen LogP) is 3.48. The molecule has 2 aromatic carbocycles. The first-order valence-electron chi connectivity index (χ1n) is 5.37. The monoisotopic (exact) mass is 229 g/mol. The second kappa shape index (κ2) is 5.73. The lowest BCUT2D eigenvalue weighted by Gasteiger charge is -2.14. The Bertz CT molecular complexity index is 413. The summed E-state index contributed by atoms with van der Waals surface area (Å²) in [4.78, 5) is 1.27. The first-order valence-corrected chi connectivity index (χ1v) is 6.25. The van der Waals surface area contributed by atoms with Gasteiger partial charge >= 0.3 is 0 Å². The Kier molecular flexibility index (Phi) is 4.03. The highest BCUT2D eigenvalue weighted by Crippen LogP contribution is 2.33. The van der Waals surface area contributed by atoms with Gasteiger partial charge < -0.3 is 5.73 Å². The molecule has 2 N–H and O–H groups in total. The zero-order valence-electron chi connectivity index (χ0n) is 9.04. The van der Waals surface area contributed by atoms with Crippen LogP contribution in [0, 0.1) is 0 Å². The molecule has 0 heterocycles. The van der Waals surface area contributed by atoms with Gasteiger partial charge in [0.25, 0.3) is 0 Å². The van der Waals surface area contributed by atoms with E-state index in [9.17, 15) is 0 Å². The third-order valence-electron chi connectivity index (χ3n) is 2.41. The smallest absolute Gasteiger partial charge is 0.0466 e. The van der Waals surface area contributed by atoms with Crippen molar-refractivity contribution in [3.8, 4) is 0 Å². The number of benzene rings is 2. The second-order valence-corrected chi connectivity index (χ2v) is 4.84. The number of hydrogen-bond acceptors (Lipinski definition) is 2. The van der Waals surface area contributed by atoms with Crippen molar-refractivity contribution in [2.24, 2.45) is 5.73 Å². The first-order chi connectivity index (χ1) is 7.90. The Labute approximate surface area is 101 Å². The molecule has 0 bridgehead atoms. The molecule has 0 aliphatic rings. The van der Waals surface area contributed by atoms with Crippen LogP contribution < -0.4 is 5.73 Å². The summed E-state index contributed by atoms with van der Waals surface area (Å²) in [6.07, 6.45) is 0. The van der Waals surface area contributed by atoms with Gasteiger partial charge in [-0.05, 0) is 17.7 Å². The molecule has 1 unspecified atom stereocenters. The van der Waals surface area contributed by atoms with Gasteiger partial charge in [0.05, 0.1) is 0 Å². The lowest BCUT2D eigenvalue weighted by molar-refractivity contribution is 0.941. The van der Waals surface area contributed by atoms with Crippen molar-refractivity contribution in [1.82, 2.24) is 0 Å². The van der Waals surface area contributed by atoms with Gasteiger partial charge in [0.1, 0.15) is 0 Å². The molecular formula is C14H15NS. The minimum Gasteiger partial charge on any atom is -0.329 e. The molecule has 0 saturated heterocycles. The number of rotatable bonds is 4. The maximum Gasteiger partial charge on any atom is 0.0466 e. The minimum atomic E-state index is 0.337. The molecule has 2 heteroatoms. The lowest BCUT2D eigenvalue weighted by atomic mass is 10.1. The lowest BCUT2D eigenvalue weighted by Crippen LogP contribution is -2.08. The predicted molar refractivity (Wildman–Crippen MR) is 70.5 cm³/mol. The van der Waals surface area contributed by atoms with E-state index in [2.05, 4.69) is 48.5 Å². The van der Waals surface area contributed by atoms with E-state index in [1.807, 2.05) is 23.9 Å². The zero-order chi connectivity index (χ0) is 11.2. The molecule has 82 valence electrons. The van der Waals surface area contributed by atoms with E-state index in [1.54, 1.807) is 0 Å². The van der Waals surface area contributed by atoms with Crippen molar-refractivity contribution in [2.45, 2.75) is 10.1 Å². The largest absolute Gasteiger partial charge is 0.329 e. The molecule has 1 atom stereocenters. The Morgan fingerprint density at radius 2 is 1.44 bits per heavy atom. The molecule has 0 aliphatic heterocycles. The van der Waals surface area contributed by atoms with Crippen LogP contribution in [0.5, 0.6) is 0 Å². The quantitative estimate of drug-likeness (QED) is 0.812. The highest BCUT2D eigenvalue weighted by molar-refractivity contribution is 7.99. The first kappa shape index (κ1) is 11.2. The summed E-state index contributed by atoms with van der Waals surface area (Å²) >= 11 is 1.82. The fourth-order valence-corrected chi connectivity index (χ4v) is 2.62. The average molecular weight is 229 g/mol. The van der Waals surface area contributed by atoms with Crippen LogP contribution in [0.2, 0.25) is 0 Å². The number of nitrogens with two attached hydrogens (primary N) is 1. The Balaban J connectivity index is 2.13. The number of thioether (sulfide) groups is 1. The summed E-state index contributed by atoms with van der Waals surface area (Å²) in [5.41, 5.74) is 7.12. The Morgan fingerprint density at radius 1 is 0.875 bits per heavy atom. The molecule has 0 fully saturated rings. The van der Waals surface area contributed by atoms with Gasteiger partial charge in [0.2, 0.25) is 0 Å². The maximum absolute atomic E-state index is 5.83. The van der Waals surface area contributed by atoms with Crippen LogP contribution in [0.15, 0.2) is 65.6 Å². The second-order valence-electron chi connectivity index (χ2n) is 3.57. The van der Waals surface area contributed by atoms with E-state index in [1.165, 1.54) is 10.5 Å².